The third-order valence-corrected chi connectivity index (χ3v) is 4.20. The van der Waals surface area contributed by atoms with Crippen LogP contribution in [-0.4, -0.2) is 16.8 Å². The lowest BCUT2D eigenvalue weighted by Gasteiger charge is -2.08. The van der Waals surface area contributed by atoms with Crippen LogP contribution in [0.25, 0.3) is 10.9 Å². The predicted molar refractivity (Wildman–Crippen MR) is 107 cm³/mol. The summed E-state index contributed by atoms with van der Waals surface area (Å²) in [5.74, 6) is -0.282. The summed E-state index contributed by atoms with van der Waals surface area (Å²) in [6.07, 6.45) is 0.870. The summed E-state index contributed by atoms with van der Waals surface area (Å²) < 4.78 is 0. The topological polar surface area (TPSA) is 91.1 Å². The Kier molecular flexibility index (Phi) is 5.35. The van der Waals surface area contributed by atoms with E-state index >= 15 is 0 Å². The van der Waals surface area contributed by atoms with Gasteiger partial charge < -0.3 is 15.6 Å². The second-order valence-electron chi connectivity index (χ2n) is 6.51. The van der Waals surface area contributed by atoms with E-state index in [9.17, 15) is 14.4 Å². The maximum Gasteiger partial charge on any atom is 0.251 e. The molecule has 3 aromatic rings. The van der Waals surface area contributed by atoms with Gasteiger partial charge in [0.25, 0.3) is 5.56 Å². The van der Waals surface area contributed by atoms with E-state index < -0.39 is 0 Å². The molecule has 0 atom stereocenters. The maximum absolute atomic E-state index is 12.2. The minimum Gasteiger partial charge on any atom is -0.326 e. The Hall–Kier alpha value is -3.41. The molecule has 0 unspecified atom stereocenters. The molecular formula is C21H21N3O3. The molecule has 0 aliphatic rings. The number of hydrogen-bond acceptors (Lipinski definition) is 3. The van der Waals surface area contributed by atoms with Gasteiger partial charge in [0, 0.05) is 35.8 Å². The van der Waals surface area contributed by atoms with Crippen LogP contribution in [-0.2, 0) is 16.0 Å². The number of benzene rings is 2. The number of hydrogen-bond donors (Lipinski definition) is 3. The van der Waals surface area contributed by atoms with Crippen molar-refractivity contribution in [2.24, 2.45) is 0 Å². The fraction of sp³-hybridized carbons (Fsp3) is 0.190. The van der Waals surface area contributed by atoms with Crippen molar-refractivity contribution < 1.29 is 9.59 Å². The molecule has 2 aromatic carbocycles. The molecule has 0 aliphatic carbocycles. The third kappa shape index (κ3) is 4.82. The van der Waals surface area contributed by atoms with E-state index in [1.54, 1.807) is 31.2 Å². The van der Waals surface area contributed by atoms with Gasteiger partial charge in [-0.2, -0.15) is 0 Å². The quantitative estimate of drug-likeness (QED) is 0.649. The predicted octanol–water partition coefficient (Wildman–Crippen LogP) is 3.37. The van der Waals surface area contributed by atoms with Gasteiger partial charge in [-0.3, -0.25) is 14.4 Å². The number of rotatable bonds is 5. The fourth-order valence-corrected chi connectivity index (χ4v) is 2.87. The molecule has 138 valence electrons. The molecule has 27 heavy (non-hydrogen) atoms. The van der Waals surface area contributed by atoms with Crippen LogP contribution in [0.1, 0.15) is 24.5 Å². The lowest BCUT2D eigenvalue weighted by atomic mass is 10.1. The number of carbonyl (C=O) groups excluding carboxylic acids is 2. The zero-order valence-electron chi connectivity index (χ0n) is 15.3. The first kappa shape index (κ1) is 18.4. The van der Waals surface area contributed by atoms with Gasteiger partial charge in [-0.25, -0.2) is 0 Å². The van der Waals surface area contributed by atoms with E-state index in [4.69, 9.17) is 0 Å². The molecule has 3 N–H and O–H groups in total. The van der Waals surface area contributed by atoms with Crippen LogP contribution in [0, 0.1) is 6.92 Å². The van der Waals surface area contributed by atoms with E-state index in [1.807, 2.05) is 24.3 Å². The van der Waals surface area contributed by atoms with E-state index in [-0.39, 0.29) is 17.4 Å². The number of aromatic amines is 1. The molecule has 0 saturated carbocycles. The number of fused-ring (bicyclic) bond motifs is 1. The first-order chi connectivity index (χ1) is 12.9. The smallest absolute Gasteiger partial charge is 0.251 e. The van der Waals surface area contributed by atoms with Crippen LogP contribution in [0.5, 0.6) is 0 Å². The highest BCUT2D eigenvalue weighted by Gasteiger charge is 2.06. The fourth-order valence-electron chi connectivity index (χ4n) is 2.87. The second-order valence-corrected chi connectivity index (χ2v) is 6.51. The van der Waals surface area contributed by atoms with Crippen molar-refractivity contribution in [3.63, 3.8) is 0 Å². The molecule has 2 amide bonds. The Morgan fingerprint density at radius 2 is 1.74 bits per heavy atom. The van der Waals surface area contributed by atoms with Crippen LogP contribution >= 0.6 is 0 Å². The first-order valence-corrected chi connectivity index (χ1v) is 8.71. The average molecular weight is 363 g/mol. The van der Waals surface area contributed by atoms with Gasteiger partial charge in [-0.1, -0.05) is 18.2 Å². The molecule has 6 heteroatoms. The molecule has 0 fully saturated rings. The van der Waals surface area contributed by atoms with Crippen LogP contribution in [0.2, 0.25) is 0 Å². The summed E-state index contributed by atoms with van der Waals surface area (Å²) in [6, 6.07) is 14.7. The highest BCUT2D eigenvalue weighted by molar-refractivity contribution is 5.93. The summed E-state index contributed by atoms with van der Waals surface area (Å²) in [5, 5.41) is 6.48. The van der Waals surface area contributed by atoms with Gasteiger partial charge in [0.05, 0.1) is 0 Å². The number of aryl methyl sites for hydroxylation is 2. The van der Waals surface area contributed by atoms with Crippen molar-refractivity contribution in [1.29, 1.82) is 0 Å². The Balaban J connectivity index is 1.64. The number of H-pyrrole nitrogens is 1. The normalized spacial score (nSPS) is 10.6. The first-order valence-electron chi connectivity index (χ1n) is 8.71. The van der Waals surface area contributed by atoms with Crippen molar-refractivity contribution >= 4 is 34.1 Å². The number of carbonyl (C=O) groups is 2. The van der Waals surface area contributed by atoms with Gasteiger partial charge in [0.1, 0.15) is 0 Å². The minimum absolute atomic E-state index is 0.101. The lowest BCUT2D eigenvalue weighted by molar-refractivity contribution is -0.116. The maximum atomic E-state index is 12.2. The number of nitrogens with one attached hydrogen (secondary N) is 3. The number of aromatic nitrogens is 1. The molecule has 0 saturated heterocycles. The molecule has 1 heterocycles. The standard InChI is InChI=1S/C21H21N3O3/c1-13-10-16-8-6-15(11-19(16)24-21(13)27)7-9-20(26)23-18-5-3-4-17(12-18)22-14(2)25/h3-6,8,10-12H,7,9H2,1-2H3,(H,22,25)(H,23,26)(H,24,27). The zero-order valence-corrected chi connectivity index (χ0v) is 15.3. The van der Waals surface area contributed by atoms with E-state index in [1.165, 1.54) is 6.92 Å². The molecule has 6 nitrogen and oxygen atoms in total. The van der Waals surface area contributed by atoms with E-state index in [0.717, 1.165) is 16.5 Å². The molecular weight excluding hydrogens is 342 g/mol. The van der Waals surface area contributed by atoms with Gasteiger partial charge >= 0.3 is 0 Å². The van der Waals surface area contributed by atoms with Gasteiger partial charge in [-0.15, -0.1) is 0 Å². The molecule has 0 aliphatic heterocycles. The van der Waals surface area contributed by atoms with Crippen LogP contribution in [0.4, 0.5) is 11.4 Å². The summed E-state index contributed by atoms with van der Waals surface area (Å²) in [4.78, 5) is 38.0. The third-order valence-electron chi connectivity index (χ3n) is 4.20. The molecule has 1 aromatic heterocycles. The highest BCUT2D eigenvalue weighted by atomic mass is 16.2. The van der Waals surface area contributed by atoms with Gasteiger partial charge in [-0.05, 0) is 54.6 Å². The van der Waals surface area contributed by atoms with Crippen molar-refractivity contribution in [2.45, 2.75) is 26.7 Å². The van der Waals surface area contributed by atoms with Crippen molar-refractivity contribution in [3.8, 4) is 0 Å². The second kappa shape index (κ2) is 7.86. The van der Waals surface area contributed by atoms with Gasteiger partial charge in [0.15, 0.2) is 0 Å². The van der Waals surface area contributed by atoms with Gasteiger partial charge in [0.2, 0.25) is 11.8 Å². The Morgan fingerprint density at radius 1 is 1.00 bits per heavy atom. The summed E-state index contributed by atoms with van der Waals surface area (Å²) >= 11 is 0. The molecule has 3 rings (SSSR count). The molecule has 0 bridgehead atoms. The average Bonchev–Trinajstić information content (AvgIpc) is 2.61. The van der Waals surface area contributed by atoms with Crippen molar-refractivity contribution in [1.82, 2.24) is 4.98 Å². The number of pyridine rings is 1. The van der Waals surface area contributed by atoms with Crippen molar-refractivity contribution in [2.75, 3.05) is 10.6 Å². The van der Waals surface area contributed by atoms with Crippen molar-refractivity contribution in [3.05, 3.63) is 70.0 Å². The zero-order chi connectivity index (χ0) is 19.4. The van der Waals surface area contributed by atoms with Crippen LogP contribution in [0.15, 0.2) is 53.3 Å². The molecule has 0 spiro atoms. The SMILES string of the molecule is CC(=O)Nc1cccc(NC(=O)CCc2ccc3cc(C)c(=O)[nH]c3c2)c1. The molecule has 0 radical (unpaired) electrons. The van der Waals surface area contributed by atoms with E-state index in [2.05, 4.69) is 15.6 Å². The largest absolute Gasteiger partial charge is 0.326 e. The highest BCUT2D eigenvalue weighted by Crippen LogP contribution is 2.17. The summed E-state index contributed by atoms with van der Waals surface area (Å²) in [7, 11) is 0. The summed E-state index contributed by atoms with van der Waals surface area (Å²) in [5.41, 5.74) is 3.59. The number of amides is 2. The Labute approximate surface area is 156 Å². The van der Waals surface area contributed by atoms with Crippen LogP contribution < -0.4 is 16.2 Å². The minimum atomic E-state index is -0.164. The Morgan fingerprint density at radius 3 is 2.48 bits per heavy atom. The van der Waals surface area contributed by atoms with Crippen LogP contribution in [0.3, 0.4) is 0 Å². The lowest BCUT2D eigenvalue weighted by Crippen LogP contribution is -2.13. The number of anilines is 2. The van der Waals surface area contributed by atoms with E-state index in [0.29, 0.717) is 29.8 Å². The Bertz CT molecular complexity index is 1070. The summed E-state index contributed by atoms with van der Waals surface area (Å²) in [6.45, 7) is 3.21. The monoisotopic (exact) mass is 363 g/mol.